The molecule has 0 aliphatic heterocycles. The molecule has 0 bridgehead atoms. The first-order chi connectivity index (χ1) is 11.7. The molecule has 0 unspecified atom stereocenters. The van der Waals surface area contributed by atoms with Gasteiger partial charge < -0.3 is 9.47 Å². The summed E-state index contributed by atoms with van der Waals surface area (Å²) in [5, 5.41) is 7.89. The number of nitrogens with zero attached hydrogens (tertiary/aromatic N) is 2. The Bertz CT molecular complexity index is 646. The van der Waals surface area contributed by atoms with Crippen molar-refractivity contribution in [2.24, 2.45) is 0 Å². The summed E-state index contributed by atoms with van der Waals surface area (Å²) in [7, 11) is -7.89. The molecule has 1 aromatic heterocycles. The molecule has 0 spiro atoms. The quantitative estimate of drug-likeness (QED) is 0.180. The molecular weight excluding hydrogens is 436 g/mol. The second-order valence-corrected chi connectivity index (χ2v) is 10.9. The first-order valence-electron chi connectivity index (χ1n) is 6.80. The van der Waals surface area contributed by atoms with Gasteiger partial charge in [0, 0.05) is 13.2 Å². The summed E-state index contributed by atoms with van der Waals surface area (Å²) in [6, 6.07) is 0. The molecule has 1 rings (SSSR count). The molecule has 2 N–H and O–H groups in total. The zero-order valence-electron chi connectivity index (χ0n) is 12.9. The number of rotatable bonds is 14. The van der Waals surface area contributed by atoms with E-state index in [0.29, 0.717) is 8.68 Å². The van der Waals surface area contributed by atoms with Crippen LogP contribution in [0.3, 0.4) is 0 Å². The summed E-state index contributed by atoms with van der Waals surface area (Å²) >= 11 is 3.96. The molecule has 1 aromatic rings. The maximum absolute atomic E-state index is 10.5. The van der Waals surface area contributed by atoms with E-state index in [1.807, 2.05) is 0 Å². The first-order valence-corrected chi connectivity index (χ1v) is 12.8. The fourth-order valence-corrected chi connectivity index (χ4v) is 4.77. The van der Waals surface area contributed by atoms with E-state index in [4.69, 9.17) is 18.6 Å². The summed E-state index contributed by atoms with van der Waals surface area (Å²) in [5.74, 6) is -0.0865. The molecule has 15 heteroatoms. The Labute approximate surface area is 158 Å². The van der Waals surface area contributed by atoms with Crippen LogP contribution in [0.5, 0.6) is 0 Å². The van der Waals surface area contributed by atoms with Crippen molar-refractivity contribution in [2.45, 2.75) is 21.5 Å². The Morgan fingerprint density at radius 2 is 1.24 bits per heavy atom. The van der Waals surface area contributed by atoms with Gasteiger partial charge in [0.15, 0.2) is 8.68 Å². The lowest BCUT2D eigenvalue weighted by Gasteiger charge is -2.01. The van der Waals surface area contributed by atoms with Gasteiger partial charge in [0.1, 0.15) is 0 Å². The maximum Gasteiger partial charge on any atom is 0.264 e. The van der Waals surface area contributed by atoms with Crippen LogP contribution in [0.4, 0.5) is 0 Å². The number of thioether (sulfide) groups is 2. The van der Waals surface area contributed by atoms with Crippen LogP contribution in [0.15, 0.2) is 8.68 Å². The summed E-state index contributed by atoms with van der Waals surface area (Å²) in [4.78, 5) is 0. The average Bonchev–Trinajstić information content (AvgIpc) is 2.92. The molecular formula is C10H18N2O8S5. The standard InChI is InChI=1S/C10H18N2O8S5/c13-24(14,15)5-1-3-19-7-21-9-11-12-10(23-9)22-8-20-4-2-6-25(16,17)18/h1-8H2,(H,13,14,15)(H,16,17,18). The Hall–Kier alpha value is -0.000000000000000194. The van der Waals surface area contributed by atoms with Gasteiger partial charge in [-0.25, -0.2) is 0 Å². The predicted octanol–water partition coefficient (Wildman–Crippen LogP) is 1.23. The second kappa shape index (κ2) is 11.7. The normalized spacial score (nSPS) is 12.6. The molecule has 0 radical (unpaired) electrons. The molecule has 0 saturated heterocycles. The fraction of sp³-hybridized carbons (Fsp3) is 0.800. The Morgan fingerprint density at radius 1 is 0.840 bits per heavy atom. The highest BCUT2D eigenvalue weighted by Gasteiger charge is 2.07. The molecule has 0 aliphatic carbocycles. The van der Waals surface area contributed by atoms with Crippen LogP contribution >= 0.6 is 34.9 Å². The third-order valence-corrected chi connectivity index (χ3v) is 6.86. The van der Waals surface area contributed by atoms with Gasteiger partial charge in [0.05, 0.1) is 23.4 Å². The number of hydrogen-bond acceptors (Lipinski definition) is 11. The number of aromatic nitrogens is 2. The first kappa shape index (κ1) is 23.0. The average molecular weight is 455 g/mol. The van der Waals surface area contributed by atoms with Crippen LogP contribution in [-0.4, -0.2) is 72.7 Å². The minimum absolute atomic E-state index is 0.213. The summed E-state index contributed by atoms with van der Waals surface area (Å²) in [6.45, 7) is 0.426. The third kappa shape index (κ3) is 13.8. The fourth-order valence-electron chi connectivity index (χ4n) is 1.30. The minimum atomic E-state index is -3.95. The van der Waals surface area contributed by atoms with Crippen molar-refractivity contribution >= 4 is 55.1 Å². The molecule has 0 atom stereocenters. The van der Waals surface area contributed by atoms with Crippen molar-refractivity contribution in [2.75, 3.05) is 36.6 Å². The van der Waals surface area contributed by atoms with Gasteiger partial charge in [0.2, 0.25) is 0 Å². The lowest BCUT2D eigenvalue weighted by Crippen LogP contribution is -2.07. The van der Waals surface area contributed by atoms with Crippen LogP contribution < -0.4 is 0 Å². The lowest BCUT2D eigenvalue weighted by atomic mass is 10.5. The number of ether oxygens (including phenoxy) is 2. The molecule has 10 nitrogen and oxygen atoms in total. The van der Waals surface area contributed by atoms with E-state index in [1.54, 1.807) is 0 Å². The van der Waals surface area contributed by atoms with Crippen LogP contribution in [0.1, 0.15) is 12.8 Å². The van der Waals surface area contributed by atoms with E-state index in [1.165, 1.54) is 34.9 Å². The van der Waals surface area contributed by atoms with Crippen LogP contribution in [-0.2, 0) is 29.7 Å². The molecule has 0 saturated carbocycles. The van der Waals surface area contributed by atoms with E-state index in [-0.39, 0.29) is 49.4 Å². The van der Waals surface area contributed by atoms with Crippen molar-refractivity contribution in [1.29, 1.82) is 0 Å². The van der Waals surface area contributed by atoms with Crippen molar-refractivity contribution in [3.63, 3.8) is 0 Å². The monoisotopic (exact) mass is 454 g/mol. The van der Waals surface area contributed by atoms with Crippen molar-refractivity contribution in [3.8, 4) is 0 Å². The molecule has 0 fully saturated rings. The lowest BCUT2D eigenvalue weighted by molar-refractivity contribution is 0.183. The van der Waals surface area contributed by atoms with Gasteiger partial charge in [0.25, 0.3) is 20.2 Å². The van der Waals surface area contributed by atoms with Crippen molar-refractivity contribution < 1.29 is 35.4 Å². The topological polar surface area (TPSA) is 153 Å². The number of hydrogen-bond donors (Lipinski definition) is 2. The smallest absolute Gasteiger partial charge is 0.264 e. The molecule has 0 aromatic carbocycles. The van der Waals surface area contributed by atoms with E-state index < -0.39 is 20.2 Å². The van der Waals surface area contributed by atoms with Crippen LogP contribution in [0.25, 0.3) is 0 Å². The highest BCUT2D eigenvalue weighted by atomic mass is 32.2. The molecule has 146 valence electrons. The Kier molecular flexibility index (Phi) is 10.7. The Balaban J connectivity index is 2.07. The molecule has 1 heterocycles. The van der Waals surface area contributed by atoms with Crippen molar-refractivity contribution in [3.05, 3.63) is 0 Å². The van der Waals surface area contributed by atoms with Gasteiger partial charge >= 0.3 is 0 Å². The van der Waals surface area contributed by atoms with E-state index in [2.05, 4.69) is 10.2 Å². The van der Waals surface area contributed by atoms with Gasteiger partial charge in [-0.3, -0.25) is 9.11 Å². The molecule has 0 aliphatic rings. The third-order valence-electron chi connectivity index (χ3n) is 2.30. The van der Waals surface area contributed by atoms with E-state index >= 15 is 0 Å². The highest BCUT2D eigenvalue weighted by Crippen LogP contribution is 2.28. The predicted molar refractivity (Wildman–Crippen MR) is 95.3 cm³/mol. The maximum atomic E-state index is 10.5. The van der Waals surface area contributed by atoms with Crippen LogP contribution in [0.2, 0.25) is 0 Å². The van der Waals surface area contributed by atoms with E-state index in [9.17, 15) is 16.8 Å². The zero-order chi connectivity index (χ0) is 18.8. The van der Waals surface area contributed by atoms with Gasteiger partial charge in [-0.05, 0) is 12.8 Å². The summed E-state index contributed by atoms with van der Waals surface area (Å²) < 4.78 is 70.9. The highest BCUT2D eigenvalue weighted by molar-refractivity contribution is 8.03. The minimum Gasteiger partial charge on any atom is -0.370 e. The molecule has 25 heavy (non-hydrogen) atoms. The summed E-state index contributed by atoms with van der Waals surface area (Å²) in [5.41, 5.74) is 0. The van der Waals surface area contributed by atoms with Crippen LogP contribution in [0, 0.1) is 0 Å². The zero-order valence-corrected chi connectivity index (χ0v) is 17.0. The SMILES string of the molecule is O=S(=O)(O)CCCOCSc1nnc(SCOCCCS(=O)(=O)O)s1. The van der Waals surface area contributed by atoms with Gasteiger partial charge in [-0.1, -0.05) is 34.9 Å². The van der Waals surface area contributed by atoms with E-state index in [0.717, 1.165) is 0 Å². The second-order valence-electron chi connectivity index (χ2n) is 4.45. The van der Waals surface area contributed by atoms with Gasteiger partial charge in [-0.15, -0.1) is 10.2 Å². The Morgan fingerprint density at radius 3 is 1.60 bits per heavy atom. The summed E-state index contributed by atoms with van der Waals surface area (Å²) in [6.07, 6.45) is 0.428. The molecule has 0 amide bonds. The van der Waals surface area contributed by atoms with Gasteiger partial charge in [-0.2, -0.15) is 16.8 Å². The largest absolute Gasteiger partial charge is 0.370 e. The van der Waals surface area contributed by atoms with Crippen molar-refractivity contribution in [1.82, 2.24) is 10.2 Å².